The summed E-state index contributed by atoms with van der Waals surface area (Å²) in [5, 5.41) is 0. The molecule has 2 atom stereocenters. The maximum Gasteiger partial charge on any atom is 0.115 e. The summed E-state index contributed by atoms with van der Waals surface area (Å²) >= 11 is 29.1. The number of hydrogen-bond donors (Lipinski definition) is 0. The first-order chi connectivity index (χ1) is 22.7. The van der Waals surface area contributed by atoms with Crippen LogP contribution in [0.1, 0.15) is 83.0 Å². The molecule has 5 rings (SSSR count). The summed E-state index contributed by atoms with van der Waals surface area (Å²) in [4.78, 5) is 0. The van der Waals surface area contributed by atoms with Gasteiger partial charge in [0, 0.05) is 26.7 Å². The molecular weight excluding hydrogens is 726 g/mol. The van der Waals surface area contributed by atoms with Crippen molar-refractivity contribution in [3.05, 3.63) is 185 Å². The van der Waals surface area contributed by atoms with Crippen LogP contribution in [0.15, 0.2) is 141 Å². The van der Waals surface area contributed by atoms with E-state index >= 15 is 0 Å². The van der Waals surface area contributed by atoms with E-state index in [0.29, 0.717) is 11.8 Å². The maximum atomic E-state index is 6.44. The van der Waals surface area contributed by atoms with Crippen LogP contribution in [0.25, 0.3) is 11.1 Å². The lowest BCUT2D eigenvalue weighted by Crippen LogP contribution is -2.04. The molecule has 0 spiro atoms. The van der Waals surface area contributed by atoms with Crippen LogP contribution in [0, 0.1) is 11.8 Å². The van der Waals surface area contributed by atoms with Crippen molar-refractivity contribution in [3.8, 4) is 11.8 Å². The van der Waals surface area contributed by atoms with Gasteiger partial charge in [0.25, 0.3) is 0 Å². The van der Waals surface area contributed by atoms with Crippen molar-refractivity contribution >= 4 is 73.5 Å². The molecule has 0 bridgehead atoms. The summed E-state index contributed by atoms with van der Waals surface area (Å²) in [5.74, 6) is 7.18. The van der Waals surface area contributed by atoms with Crippen LogP contribution in [0.4, 0.5) is 0 Å². The molecule has 0 radical (unpaired) electrons. The lowest BCUT2D eigenvalue weighted by Gasteiger charge is -2.21. The van der Waals surface area contributed by atoms with Gasteiger partial charge in [0.15, 0.2) is 0 Å². The smallest absolute Gasteiger partial charge is 0.0702 e. The molecule has 0 aromatic heterocycles. The van der Waals surface area contributed by atoms with Gasteiger partial charge in [0.05, 0.1) is 0 Å². The molecule has 0 nitrogen and oxygen atoms in total. The molecule has 0 aliphatic carbocycles. The summed E-state index contributed by atoms with van der Waals surface area (Å²) < 4.78 is 1.49. The highest BCUT2D eigenvalue weighted by molar-refractivity contribution is 9.10. The van der Waals surface area contributed by atoms with Crippen molar-refractivity contribution in [2.75, 3.05) is 0 Å². The third-order valence-electron chi connectivity index (χ3n) is 8.38. The van der Waals surface area contributed by atoms with Crippen molar-refractivity contribution in [2.45, 2.75) is 38.5 Å². The van der Waals surface area contributed by atoms with Gasteiger partial charge in [-0.3, -0.25) is 0 Å². The van der Waals surface area contributed by atoms with Gasteiger partial charge in [-0.15, -0.1) is 0 Å². The molecule has 0 saturated carbocycles. The Morgan fingerprint density at radius 3 is 1.40 bits per heavy atom. The third-order valence-corrected chi connectivity index (χ3v) is 9.66. The van der Waals surface area contributed by atoms with E-state index in [-0.39, 0.29) is 8.98 Å². The van der Waals surface area contributed by atoms with Crippen molar-refractivity contribution in [1.82, 2.24) is 0 Å². The fraction of sp³-hybridized carbons (Fsp3) is 0.143. The summed E-state index contributed by atoms with van der Waals surface area (Å²) in [6.45, 7) is 4.53. The van der Waals surface area contributed by atoms with Crippen LogP contribution < -0.4 is 0 Å². The molecule has 47 heavy (non-hydrogen) atoms. The average Bonchev–Trinajstić information content (AvgIpc) is 3.08. The Bertz CT molecular complexity index is 1900. The standard InChI is InChI=1S/C42H33BrCl4/c1-3-31(33-17-21-36(22-18-33)40(42(46)47)37-23-25-38(43)26-24-37)27-28(2)32-15-19-35(20-16-32)39(41(44)45)34-13-11-30(12-14-34)10-9-29-7-5-4-6-8-29/h4-8,11-26,28,31H,3,27H2,1-2H3. The largest absolute Gasteiger partial charge is 0.115 e. The molecule has 5 aromatic rings. The van der Waals surface area contributed by atoms with Crippen molar-refractivity contribution in [3.63, 3.8) is 0 Å². The Hall–Kier alpha value is -3.22. The minimum Gasteiger partial charge on any atom is -0.0702 e. The van der Waals surface area contributed by atoms with E-state index in [9.17, 15) is 0 Å². The van der Waals surface area contributed by atoms with Crippen LogP contribution in [0.3, 0.4) is 0 Å². The van der Waals surface area contributed by atoms with Gasteiger partial charge in [-0.05, 0) is 94.5 Å². The van der Waals surface area contributed by atoms with Crippen LogP contribution in [0.2, 0.25) is 0 Å². The minimum atomic E-state index is 0.233. The monoisotopic (exact) mass is 756 g/mol. The Balaban J connectivity index is 1.28. The number of rotatable bonds is 9. The van der Waals surface area contributed by atoms with Crippen LogP contribution in [-0.2, 0) is 0 Å². The minimum absolute atomic E-state index is 0.233. The van der Waals surface area contributed by atoms with Gasteiger partial charge in [-0.25, -0.2) is 0 Å². The molecule has 5 heteroatoms. The Kier molecular flexibility index (Phi) is 12.5. The summed E-state index contributed by atoms with van der Waals surface area (Å²) in [7, 11) is 0. The summed E-state index contributed by atoms with van der Waals surface area (Å²) in [5.41, 5.74) is 9.99. The first kappa shape index (κ1) is 35.1. The molecule has 2 unspecified atom stereocenters. The van der Waals surface area contributed by atoms with Crippen molar-refractivity contribution in [2.24, 2.45) is 0 Å². The number of hydrogen-bond acceptors (Lipinski definition) is 0. The van der Waals surface area contributed by atoms with Gasteiger partial charge < -0.3 is 0 Å². The van der Waals surface area contributed by atoms with Gasteiger partial charge >= 0.3 is 0 Å². The number of halogens is 5. The van der Waals surface area contributed by atoms with Crippen molar-refractivity contribution < 1.29 is 0 Å². The van der Waals surface area contributed by atoms with E-state index in [0.717, 1.165) is 61.8 Å². The van der Waals surface area contributed by atoms with Gasteiger partial charge in [-0.2, -0.15) is 0 Å². The maximum absolute atomic E-state index is 6.44. The van der Waals surface area contributed by atoms with E-state index in [2.05, 4.69) is 90.1 Å². The molecular formula is C42H33BrCl4. The van der Waals surface area contributed by atoms with Crippen LogP contribution in [-0.4, -0.2) is 0 Å². The predicted molar refractivity (Wildman–Crippen MR) is 207 cm³/mol. The normalized spacial score (nSPS) is 12.0. The van der Waals surface area contributed by atoms with E-state index in [1.807, 2.05) is 78.9 Å². The molecule has 0 N–H and O–H groups in total. The topological polar surface area (TPSA) is 0 Å². The highest BCUT2D eigenvalue weighted by atomic mass is 79.9. The lowest BCUT2D eigenvalue weighted by molar-refractivity contribution is 0.544. The molecule has 0 heterocycles. The van der Waals surface area contributed by atoms with Crippen molar-refractivity contribution in [1.29, 1.82) is 0 Å². The van der Waals surface area contributed by atoms with Crippen LogP contribution >= 0.6 is 62.3 Å². The molecule has 236 valence electrons. The fourth-order valence-electron chi connectivity index (χ4n) is 5.77. The highest BCUT2D eigenvalue weighted by Crippen LogP contribution is 2.37. The first-order valence-electron chi connectivity index (χ1n) is 15.5. The van der Waals surface area contributed by atoms with E-state index < -0.39 is 0 Å². The first-order valence-corrected chi connectivity index (χ1v) is 17.8. The zero-order valence-corrected chi connectivity index (χ0v) is 30.7. The predicted octanol–water partition coefficient (Wildman–Crippen LogP) is 13.9. The van der Waals surface area contributed by atoms with E-state index in [1.54, 1.807) is 0 Å². The van der Waals surface area contributed by atoms with Gasteiger partial charge in [0.1, 0.15) is 8.98 Å². The second-order valence-electron chi connectivity index (χ2n) is 11.5. The third kappa shape index (κ3) is 9.23. The molecule has 0 aliphatic rings. The highest BCUT2D eigenvalue weighted by Gasteiger charge is 2.18. The van der Waals surface area contributed by atoms with Gasteiger partial charge in [0.2, 0.25) is 0 Å². The zero-order valence-electron chi connectivity index (χ0n) is 26.1. The second-order valence-corrected chi connectivity index (χ2v) is 14.3. The van der Waals surface area contributed by atoms with Crippen LogP contribution in [0.5, 0.6) is 0 Å². The lowest BCUT2D eigenvalue weighted by atomic mass is 9.83. The summed E-state index contributed by atoms with van der Waals surface area (Å²) in [6, 6.07) is 43.2. The SMILES string of the molecule is CCC(CC(C)c1ccc(C(=C(Cl)Cl)c2ccc(C#Cc3ccccc3)cc2)cc1)c1ccc(C(=C(Cl)Cl)c2ccc(Br)cc2)cc1. The second kappa shape index (κ2) is 16.7. The molecule has 0 aliphatic heterocycles. The van der Waals surface area contributed by atoms with E-state index in [4.69, 9.17) is 46.4 Å². The van der Waals surface area contributed by atoms with Gasteiger partial charge in [-0.1, -0.05) is 179 Å². The fourth-order valence-corrected chi connectivity index (χ4v) is 6.91. The Labute approximate surface area is 307 Å². The molecule has 0 fully saturated rings. The molecule has 0 amide bonds. The molecule has 0 saturated heterocycles. The van der Waals surface area contributed by atoms with E-state index in [1.165, 1.54) is 11.1 Å². The Morgan fingerprint density at radius 1 is 0.553 bits per heavy atom. The zero-order chi connectivity index (χ0) is 33.3. The quantitative estimate of drug-likeness (QED) is 0.131. The molecule has 5 aromatic carbocycles. The Morgan fingerprint density at radius 2 is 0.957 bits per heavy atom. The summed E-state index contributed by atoms with van der Waals surface area (Å²) in [6.07, 6.45) is 2.05. The average molecular weight is 759 g/mol. The number of benzene rings is 5.